The second kappa shape index (κ2) is 11.9. The average Bonchev–Trinajstić information content (AvgIpc) is 2.93. The summed E-state index contributed by atoms with van der Waals surface area (Å²) >= 11 is 0. The highest BCUT2D eigenvalue weighted by Crippen LogP contribution is 2.28. The molecule has 190 valence electrons. The number of Topliss-reactive ketones (excluding diaryl/α,β-unsaturated/α-hetero) is 1. The lowest BCUT2D eigenvalue weighted by molar-refractivity contribution is 0.0931. The predicted octanol–water partition coefficient (Wildman–Crippen LogP) is 4.89. The van der Waals surface area contributed by atoms with Crippen molar-refractivity contribution in [2.24, 2.45) is 5.92 Å². The van der Waals surface area contributed by atoms with Crippen molar-refractivity contribution < 1.29 is 4.79 Å². The fraction of sp³-hybridized carbons (Fsp3) is 0.517. The molecule has 2 aliphatic heterocycles. The molecule has 2 fully saturated rings. The van der Waals surface area contributed by atoms with Gasteiger partial charge >= 0.3 is 0 Å². The van der Waals surface area contributed by atoms with Gasteiger partial charge in [0.25, 0.3) is 0 Å². The van der Waals surface area contributed by atoms with Gasteiger partial charge < -0.3 is 15.1 Å². The van der Waals surface area contributed by atoms with Crippen LogP contribution in [0, 0.1) is 5.92 Å². The average molecular weight is 487 g/mol. The fourth-order valence-corrected chi connectivity index (χ4v) is 5.41. The van der Waals surface area contributed by atoms with Gasteiger partial charge in [-0.1, -0.05) is 6.42 Å². The predicted molar refractivity (Wildman–Crippen MR) is 145 cm³/mol. The third-order valence-corrected chi connectivity index (χ3v) is 7.68. The van der Waals surface area contributed by atoms with Crippen LogP contribution in [0.4, 0.5) is 5.69 Å². The Morgan fingerprint density at radius 1 is 1.06 bits per heavy atom. The summed E-state index contributed by atoms with van der Waals surface area (Å²) in [6.45, 7) is 6.65. The zero-order valence-corrected chi connectivity index (χ0v) is 21.5. The Bertz CT molecular complexity index is 1150. The van der Waals surface area contributed by atoms with Gasteiger partial charge in [0, 0.05) is 48.2 Å². The topological polar surface area (TPSA) is 74.2 Å². The number of likely N-dealkylation sites (tertiary alicyclic amines) is 2. The van der Waals surface area contributed by atoms with Gasteiger partial charge in [-0.3, -0.25) is 14.8 Å². The fourth-order valence-electron chi connectivity index (χ4n) is 5.41. The molecule has 7 nitrogen and oxygen atoms in total. The number of ketones is 1. The summed E-state index contributed by atoms with van der Waals surface area (Å²) in [5, 5.41) is 4.66. The van der Waals surface area contributed by atoms with Crippen LogP contribution in [0.2, 0.25) is 0 Å². The molecule has 0 radical (unpaired) electrons. The van der Waals surface area contributed by atoms with Crippen molar-refractivity contribution in [1.29, 1.82) is 0 Å². The molecule has 2 aliphatic rings. The Hall–Kier alpha value is -2.90. The van der Waals surface area contributed by atoms with Crippen LogP contribution in [-0.4, -0.2) is 76.9 Å². The van der Waals surface area contributed by atoms with E-state index in [1.54, 1.807) is 12.4 Å². The van der Waals surface area contributed by atoms with E-state index in [9.17, 15) is 4.79 Å². The third-order valence-electron chi connectivity index (χ3n) is 7.68. The van der Waals surface area contributed by atoms with Gasteiger partial charge in [0.2, 0.25) is 0 Å². The molecule has 7 heteroatoms. The molecule has 0 unspecified atom stereocenters. The number of carbonyl (C=O) groups excluding carboxylic acids is 1. The lowest BCUT2D eigenvalue weighted by Crippen LogP contribution is -2.31. The lowest BCUT2D eigenvalue weighted by Gasteiger charge is -2.28. The number of carbonyl (C=O) groups is 1. The van der Waals surface area contributed by atoms with Gasteiger partial charge in [0.05, 0.1) is 11.2 Å². The van der Waals surface area contributed by atoms with E-state index in [0.717, 1.165) is 73.3 Å². The second-order valence-corrected chi connectivity index (χ2v) is 10.4. The van der Waals surface area contributed by atoms with Gasteiger partial charge in [0.1, 0.15) is 5.69 Å². The number of aromatic nitrogens is 3. The van der Waals surface area contributed by atoms with E-state index in [0.29, 0.717) is 18.0 Å². The normalized spacial score (nSPS) is 17.9. The number of piperidine rings is 2. The van der Waals surface area contributed by atoms with Crippen LogP contribution in [0.15, 0.2) is 42.9 Å². The summed E-state index contributed by atoms with van der Waals surface area (Å²) in [6, 6.07) is 7.87. The van der Waals surface area contributed by atoms with Crippen LogP contribution in [0.1, 0.15) is 55.4 Å². The number of rotatable bonds is 9. The highest BCUT2D eigenvalue weighted by Gasteiger charge is 2.21. The summed E-state index contributed by atoms with van der Waals surface area (Å²) in [4.78, 5) is 31.4. The maximum atomic E-state index is 12.8. The number of hydrogen-bond acceptors (Lipinski definition) is 7. The minimum Gasteiger partial charge on any atom is -0.384 e. The number of nitrogens with zero attached hydrogens (tertiary/aromatic N) is 5. The van der Waals surface area contributed by atoms with Gasteiger partial charge in [-0.05, 0) is 102 Å². The minimum absolute atomic E-state index is 0.143. The lowest BCUT2D eigenvalue weighted by atomic mass is 9.91. The summed E-state index contributed by atoms with van der Waals surface area (Å²) in [7, 11) is 2.15. The van der Waals surface area contributed by atoms with Gasteiger partial charge in [-0.2, -0.15) is 0 Å². The number of hydrogen-bond donors (Lipinski definition) is 1. The molecule has 3 aromatic rings. The molecule has 0 aliphatic carbocycles. The van der Waals surface area contributed by atoms with Crippen LogP contribution in [0.3, 0.4) is 0 Å². The molecule has 0 spiro atoms. The van der Waals surface area contributed by atoms with E-state index < -0.39 is 0 Å². The first-order valence-corrected chi connectivity index (χ1v) is 13.5. The van der Waals surface area contributed by atoms with Crippen molar-refractivity contribution in [3.05, 3.63) is 48.5 Å². The van der Waals surface area contributed by atoms with Gasteiger partial charge in [0.15, 0.2) is 5.78 Å². The van der Waals surface area contributed by atoms with E-state index in [2.05, 4.69) is 38.2 Å². The summed E-state index contributed by atoms with van der Waals surface area (Å²) < 4.78 is 0. The third kappa shape index (κ3) is 6.26. The van der Waals surface area contributed by atoms with Gasteiger partial charge in [-0.15, -0.1) is 0 Å². The Kier molecular flexibility index (Phi) is 8.18. The van der Waals surface area contributed by atoms with Crippen molar-refractivity contribution in [2.45, 2.75) is 44.9 Å². The van der Waals surface area contributed by atoms with E-state index in [-0.39, 0.29) is 5.78 Å². The Morgan fingerprint density at radius 2 is 1.89 bits per heavy atom. The maximum absolute atomic E-state index is 12.8. The smallest absolute Gasteiger partial charge is 0.181 e. The molecular formula is C29H38N6O. The summed E-state index contributed by atoms with van der Waals surface area (Å²) in [6.07, 6.45) is 13.3. The molecule has 0 amide bonds. The monoisotopic (exact) mass is 486 g/mol. The zero-order chi connectivity index (χ0) is 24.7. The number of nitrogens with one attached hydrogen (secondary N) is 1. The molecule has 3 aromatic heterocycles. The standard InChI is InChI=1S/C29H38N6O/c1-34-16-9-22(10-17-34)18-29(36)26-7-6-23(20-32-26)27-19-28(24-21-30-12-8-25(24)33-27)31-11-5-15-35-13-3-2-4-14-35/h6-8,12,19-22H,2-5,9-11,13-18H2,1H3,(H,31,33). The Morgan fingerprint density at radius 3 is 2.67 bits per heavy atom. The molecule has 0 bridgehead atoms. The molecule has 0 aromatic carbocycles. The molecule has 0 saturated carbocycles. The SMILES string of the molecule is CN1CCC(CC(=O)c2ccc(-c3cc(NCCCN4CCCCC4)c4cnccc4n3)cn2)CC1. The Balaban J connectivity index is 1.26. The molecule has 0 atom stereocenters. The van der Waals surface area contributed by atoms with Crippen LogP contribution >= 0.6 is 0 Å². The van der Waals surface area contributed by atoms with Crippen molar-refractivity contribution >= 4 is 22.4 Å². The second-order valence-electron chi connectivity index (χ2n) is 10.4. The van der Waals surface area contributed by atoms with Crippen LogP contribution in [0.25, 0.3) is 22.2 Å². The van der Waals surface area contributed by atoms with Crippen molar-refractivity contribution in [3.8, 4) is 11.3 Å². The molecule has 5 heterocycles. The first-order valence-electron chi connectivity index (χ1n) is 13.5. The number of anilines is 1. The number of pyridine rings is 3. The van der Waals surface area contributed by atoms with Crippen LogP contribution in [-0.2, 0) is 0 Å². The largest absolute Gasteiger partial charge is 0.384 e. The first kappa shape index (κ1) is 24.8. The minimum atomic E-state index is 0.143. The number of fused-ring (bicyclic) bond motifs is 1. The molecule has 2 saturated heterocycles. The molecular weight excluding hydrogens is 448 g/mol. The van der Waals surface area contributed by atoms with Crippen LogP contribution in [0.5, 0.6) is 0 Å². The molecule has 5 rings (SSSR count). The maximum Gasteiger partial charge on any atom is 0.181 e. The first-order chi connectivity index (χ1) is 17.7. The summed E-state index contributed by atoms with van der Waals surface area (Å²) in [5.41, 5.74) is 4.28. The van der Waals surface area contributed by atoms with E-state index >= 15 is 0 Å². The zero-order valence-electron chi connectivity index (χ0n) is 21.5. The highest BCUT2D eigenvalue weighted by atomic mass is 16.1. The van der Waals surface area contributed by atoms with Gasteiger partial charge in [-0.25, -0.2) is 4.98 Å². The molecule has 1 N–H and O–H groups in total. The Labute approximate surface area is 214 Å². The highest BCUT2D eigenvalue weighted by molar-refractivity contribution is 5.95. The van der Waals surface area contributed by atoms with Crippen molar-refractivity contribution in [2.75, 3.05) is 51.6 Å². The van der Waals surface area contributed by atoms with E-state index in [1.807, 2.05) is 24.4 Å². The quantitative estimate of drug-likeness (QED) is 0.341. The molecule has 36 heavy (non-hydrogen) atoms. The van der Waals surface area contributed by atoms with Crippen molar-refractivity contribution in [3.63, 3.8) is 0 Å². The van der Waals surface area contributed by atoms with E-state index in [4.69, 9.17) is 4.98 Å². The van der Waals surface area contributed by atoms with Crippen molar-refractivity contribution in [1.82, 2.24) is 24.8 Å². The van der Waals surface area contributed by atoms with Crippen LogP contribution < -0.4 is 5.32 Å². The van der Waals surface area contributed by atoms with E-state index in [1.165, 1.54) is 32.4 Å². The summed E-state index contributed by atoms with van der Waals surface area (Å²) in [5.74, 6) is 0.610.